The standard InChI is InChI=1S/C10H15NO4/c1-6(7(2)15-8(3)12)4-9-5-14-10(13)11-9/h4,7,9H,5H2,1-3H3,(H,11,13)/b6-4+/t7-,9+/m1/s1. The molecule has 5 heteroatoms. The number of ether oxygens (including phenoxy) is 2. The maximum absolute atomic E-state index is 10.7. The van der Waals surface area contributed by atoms with Crippen LogP contribution < -0.4 is 5.32 Å². The van der Waals surface area contributed by atoms with Crippen LogP contribution in [-0.2, 0) is 14.3 Å². The summed E-state index contributed by atoms with van der Waals surface area (Å²) >= 11 is 0. The van der Waals surface area contributed by atoms with E-state index in [2.05, 4.69) is 5.32 Å². The summed E-state index contributed by atoms with van der Waals surface area (Å²) in [5, 5.41) is 2.61. The lowest BCUT2D eigenvalue weighted by Gasteiger charge is -2.13. The Bertz CT molecular complexity index is 298. The molecule has 0 bridgehead atoms. The molecule has 1 N–H and O–H groups in total. The van der Waals surface area contributed by atoms with Crippen molar-refractivity contribution in [3.63, 3.8) is 0 Å². The highest BCUT2D eigenvalue weighted by Crippen LogP contribution is 2.09. The lowest BCUT2D eigenvalue weighted by Crippen LogP contribution is -2.25. The molecule has 15 heavy (non-hydrogen) atoms. The predicted octanol–water partition coefficient (Wildman–Crippen LogP) is 0.993. The van der Waals surface area contributed by atoms with E-state index in [1.165, 1.54) is 6.92 Å². The first kappa shape index (κ1) is 11.6. The monoisotopic (exact) mass is 213 g/mol. The van der Waals surface area contributed by atoms with E-state index in [4.69, 9.17) is 9.47 Å². The van der Waals surface area contributed by atoms with Crippen LogP contribution in [-0.4, -0.2) is 30.8 Å². The lowest BCUT2D eigenvalue weighted by molar-refractivity contribution is -0.143. The summed E-state index contributed by atoms with van der Waals surface area (Å²) in [7, 11) is 0. The highest BCUT2D eigenvalue weighted by atomic mass is 16.6. The molecule has 1 saturated heterocycles. The molecule has 5 nitrogen and oxygen atoms in total. The van der Waals surface area contributed by atoms with Crippen LogP contribution in [0.5, 0.6) is 0 Å². The third-order valence-corrected chi connectivity index (χ3v) is 2.15. The van der Waals surface area contributed by atoms with E-state index in [0.29, 0.717) is 6.61 Å². The van der Waals surface area contributed by atoms with E-state index in [-0.39, 0.29) is 18.1 Å². The van der Waals surface area contributed by atoms with Crippen molar-refractivity contribution < 1.29 is 19.1 Å². The van der Waals surface area contributed by atoms with Crippen LogP contribution in [0.1, 0.15) is 20.8 Å². The van der Waals surface area contributed by atoms with Crippen LogP contribution in [0.15, 0.2) is 11.6 Å². The van der Waals surface area contributed by atoms with Gasteiger partial charge in [-0.1, -0.05) is 6.08 Å². The topological polar surface area (TPSA) is 64.6 Å². The molecule has 1 aliphatic rings. The predicted molar refractivity (Wildman–Crippen MR) is 53.3 cm³/mol. The van der Waals surface area contributed by atoms with Gasteiger partial charge in [0.1, 0.15) is 12.7 Å². The summed E-state index contributed by atoms with van der Waals surface area (Å²) in [6.45, 7) is 5.32. The van der Waals surface area contributed by atoms with Crippen LogP contribution in [0.2, 0.25) is 0 Å². The number of amides is 1. The summed E-state index contributed by atoms with van der Waals surface area (Å²) in [6, 6.07) is -0.129. The van der Waals surface area contributed by atoms with E-state index >= 15 is 0 Å². The summed E-state index contributed by atoms with van der Waals surface area (Å²) in [5.74, 6) is -0.318. The number of cyclic esters (lactones) is 1. The number of esters is 1. The summed E-state index contributed by atoms with van der Waals surface area (Å²) < 4.78 is 9.71. The van der Waals surface area contributed by atoms with Crippen LogP contribution in [0.25, 0.3) is 0 Å². The van der Waals surface area contributed by atoms with Gasteiger partial charge in [0.25, 0.3) is 0 Å². The molecule has 1 heterocycles. The average Bonchev–Trinajstić information content (AvgIpc) is 2.50. The Morgan fingerprint density at radius 2 is 2.33 bits per heavy atom. The molecule has 0 radical (unpaired) electrons. The number of hydrogen-bond donors (Lipinski definition) is 1. The SMILES string of the molecule is CC(=O)O[C@H](C)/C(C)=C/[C@H]1COC(=O)N1. The van der Waals surface area contributed by atoms with Gasteiger partial charge in [-0.2, -0.15) is 0 Å². The first-order chi connectivity index (χ1) is 6.99. The van der Waals surface area contributed by atoms with Gasteiger partial charge in [-0.3, -0.25) is 4.79 Å². The van der Waals surface area contributed by atoms with E-state index in [0.717, 1.165) is 5.57 Å². The largest absolute Gasteiger partial charge is 0.458 e. The zero-order chi connectivity index (χ0) is 11.4. The number of alkyl carbamates (subject to hydrolysis) is 1. The number of rotatable bonds is 3. The fourth-order valence-electron chi connectivity index (χ4n) is 1.28. The zero-order valence-electron chi connectivity index (χ0n) is 9.07. The van der Waals surface area contributed by atoms with Crippen LogP contribution in [0.3, 0.4) is 0 Å². The minimum absolute atomic E-state index is 0.129. The molecule has 0 saturated carbocycles. The number of carbonyl (C=O) groups is 2. The van der Waals surface area contributed by atoms with Gasteiger partial charge < -0.3 is 14.8 Å². The zero-order valence-corrected chi connectivity index (χ0v) is 9.07. The van der Waals surface area contributed by atoms with E-state index in [9.17, 15) is 9.59 Å². The van der Waals surface area contributed by atoms with Crippen LogP contribution in [0, 0.1) is 0 Å². The molecular weight excluding hydrogens is 198 g/mol. The van der Waals surface area contributed by atoms with Gasteiger partial charge in [-0.25, -0.2) is 4.79 Å². The Hall–Kier alpha value is -1.52. The molecule has 0 aromatic carbocycles. The third-order valence-electron chi connectivity index (χ3n) is 2.15. The van der Waals surface area contributed by atoms with Crippen molar-refractivity contribution in [3.8, 4) is 0 Å². The molecule has 0 unspecified atom stereocenters. The van der Waals surface area contributed by atoms with Gasteiger partial charge in [0.15, 0.2) is 0 Å². The van der Waals surface area contributed by atoms with Crippen molar-refractivity contribution in [2.75, 3.05) is 6.61 Å². The Morgan fingerprint density at radius 1 is 1.67 bits per heavy atom. The van der Waals surface area contributed by atoms with Crippen molar-refractivity contribution in [1.82, 2.24) is 5.32 Å². The molecule has 1 aliphatic heterocycles. The smallest absolute Gasteiger partial charge is 0.407 e. The molecule has 0 aliphatic carbocycles. The fraction of sp³-hybridized carbons (Fsp3) is 0.600. The van der Waals surface area contributed by atoms with Crippen LogP contribution in [0.4, 0.5) is 4.79 Å². The maximum Gasteiger partial charge on any atom is 0.407 e. The van der Waals surface area contributed by atoms with Gasteiger partial charge in [0.2, 0.25) is 0 Å². The molecule has 84 valence electrons. The quantitative estimate of drug-likeness (QED) is 0.561. The van der Waals surface area contributed by atoms with Gasteiger partial charge in [0, 0.05) is 6.92 Å². The van der Waals surface area contributed by atoms with E-state index in [1.54, 1.807) is 6.92 Å². The molecule has 1 amide bonds. The minimum atomic E-state index is -0.413. The molecular formula is C10H15NO4. The summed E-state index contributed by atoms with van der Waals surface area (Å²) in [5.41, 5.74) is 0.890. The second kappa shape index (κ2) is 4.82. The first-order valence-corrected chi connectivity index (χ1v) is 4.78. The Kier molecular flexibility index (Phi) is 3.71. The highest BCUT2D eigenvalue weighted by molar-refractivity contribution is 5.70. The fourth-order valence-corrected chi connectivity index (χ4v) is 1.28. The first-order valence-electron chi connectivity index (χ1n) is 4.78. The number of hydrogen-bond acceptors (Lipinski definition) is 4. The second-order valence-electron chi connectivity index (χ2n) is 3.51. The van der Waals surface area contributed by atoms with Gasteiger partial charge in [-0.15, -0.1) is 0 Å². The summed E-state index contributed by atoms with van der Waals surface area (Å²) in [4.78, 5) is 21.4. The molecule has 1 rings (SSSR count). The molecule has 0 aromatic rings. The molecule has 0 aromatic heterocycles. The number of nitrogens with one attached hydrogen (secondary N) is 1. The minimum Gasteiger partial charge on any atom is -0.458 e. The molecule has 2 atom stereocenters. The van der Waals surface area contributed by atoms with Crippen LogP contribution >= 0.6 is 0 Å². The average molecular weight is 213 g/mol. The Balaban J connectivity index is 2.51. The molecule has 1 fully saturated rings. The van der Waals surface area contributed by atoms with Crippen molar-refractivity contribution in [1.29, 1.82) is 0 Å². The van der Waals surface area contributed by atoms with Gasteiger partial charge in [-0.05, 0) is 19.4 Å². The van der Waals surface area contributed by atoms with Crippen molar-refractivity contribution >= 4 is 12.1 Å². The van der Waals surface area contributed by atoms with Crippen molar-refractivity contribution in [2.24, 2.45) is 0 Å². The van der Waals surface area contributed by atoms with Gasteiger partial charge in [0.05, 0.1) is 6.04 Å². The van der Waals surface area contributed by atoms with Gasteiger partial charge >= 0.3 is 12.1 Å². The second-order valence-corrected chi connectivity index (χ2v) is 3.51. The lowest BCUT2D eigenvalue weighted by atomic mass is 10.1. The highest BCUT2D eigenvalue weighted by Gasteiger charge is 2.21. The normalized spacial score (nSPS) is 23.0. The van der Waals surface area contributed by atoms with E-state index in [1.807, 2.05) is 13.0 Å². The maximum atomic E-state index is 10.7. The third kappa shape index (κ3) is 3.61. The Labute approximate surface area is 88.4 Å². The molecule has 0 spiro atoms. The van der Waals surface area contributed by atoms with E-state index < -0.39 is 6.09 Å². The van der Waals surface area contributed by atoms with Crippen molar-refractivity contribution in [3.05, 3.63) is 11.6 Å². The number of carbonyl (C=O) groups excluding carboxylic acids is 2. The Morgan fingerprint density at radius 3 is 2.80 bits per heavy atom. The van der Waals surface area contributed by atoms with Crippen molar-refractivity contribution in [2.45, 2.75) is 32.9 Å². The summed E-state index contributed by atoms with van der Waals surface area (Å²) in [6.07, 6.45) is 1.14.